The van der Waals surface area contributed by atoms with Crippen LogP contribution in [0, 0.1) is 13.8 Å². The maximum Gasteiger partial charge on any atom is 0.187 e. The summed E-state index contributed by atoms with van der Waals surface area (Å²) >= 11 is 0. The highest BCUT2D eigenvalue weighted by atomic mass is 16.5. The van der Waals surface area contributed by atoms with E-state index in [1.165, 1.54) is 11.1 Å². The number of aryl methyl sites for hydroxylation is 3. The second-order valence-corrected chi connectivity index (χ2v) is 11.3. The summed E-state index contributed by atoms with van der Waals surface area (Å²) in [5.41, 5.74) is 14.4. The molecule has 0 saturated heterocycles. The fourth-order valence-corrected chi connectivity index (χ4v) is 5.32. The molecule has 0 amide bonds. The molecule has 0 fully saturated rings. The molecule has 3 unspecified atom stereocenters. The molecular weight excluding hydrogens is 532 g/mol. The van der Waals surface area contributed by atoms with E-state index in [0.29, 0.717) is 5.75 Å². The number of nitrogens with one attached hydrogen (secondary N) is 1. The van der Waals surface area contributed by atoms with Crippen LogP contribution < -0.4 is 20.5 Å². The van der Waals surface area contributed by atoms with Crippen LogP contribution in [0.3, 0.4) is 0 Å². The van der Waals surface area contributed by atoms with Gasteiger partial charge in [-0.05, 0) is 72.7 Å². The highest BCUT2D eigenvalue weighted by molar-refractivity contribution is 5.85. The third-order valence-corrected chi connectivity index (χ3v) is 8.08. The number of methoxy groups -OCH3 is 1. The Morgan fingerprint density at radius 3 is 2.02 bits per heavy atom. The smallest absolute Gasteiger partial charge is 0.187 e. The van der Waals surface area contributed by atoms with E-state index < -0.39 is 0 Å². The fraction of sp³-hybridized carbons (Fsp3) is 0.342. The summed E-state index contributed by atoms with van der Waals surface area (Å²) in [4.78, 5) is 13.6. The number of unbranched alkanes of at least 4 members (excludes halogenated alkanes) is 1. The van der Waals surface area contributed by atoms with Gasteiger partial charge in [-0.3, -0.25) is 10.1 Å². The van der Waals surface area contributed by atoms with E-state index in [9.17, 15) is 4.79 Å². The molecule has 0 aliphatic rings. The average Bonchev–Trinajstić information content (AvgIpc) is 3.04. The summed E-state index contributed by atoms with van der Waals surface area (Å²) in [6.07, 6.45) is 3.71. The van der Waals surface area contributed by atoms with E-state index in [1.54, 1.807) is 7.11 Å². The lowest BCUT2D eigenvalue weighted by atomic mass is 9.94. The molecule has 5 nitrogen and oxygen atoms in total. The topological polar surface area (TPSA) is 73.6 Å². The first-order chi connectivity index (χ1) is 20.8. The molecule has 0 aromatic heterocycles. The Bertz CT molecular complexity index is 1450. The van der Waals surface area contributed by atoms with Crippen molar-refractivity contribution in [2.75, 3.05) is 13.7 Å². The van der Waals surface area contributed by atoms with Gasteiger partial charge in [0, 0.05) is 5.56 Å². The molecule has 0 radical (unpaired) electrons. The Hall–Kier alpha value is -3.93. The third kappa shape index (κ3) is 8.56. The number of benzene rings is 4. The molecule has 3 N–H and O–H groups in total. The average molecular weight is 579 g/mol. The van der Waals surface area contributed by atoms with E-state index in [1.807, 2.05) is 49.4 Å². The van der Waals surface area contributed by atoms with Crippen molar-refractivity contribution >= 4 is 5.78 Å². The number of carbonyl (C=O) groups is 1. The van der Waals surface area contributed by atoms with Gasteiger partial charge in [-0.25, -0.2) is 0 Å². The number of hydrogen-bond donors (Lipinski definition) is 2. The number of nitrogens with two attached hydrogens (primary N) is 1. The van der Waals surface area contributed by atoms with Crippen LogP contribution in [0.5, 0.6) is 11.5 Å². The Kier molecular flexibility index (Phi) is 11.5. The van der Waals surface area contributed by atoms with Gasteiger partial charge in [0.2, 0.25) is 0 Å². The summed E-state index contributed by atoms with van der Waals surface area (Å²) in [5.74, 6) is 1.45. The summed E-state index contributed by atoms with van der Waals surface area (Å²) in [7, 11) is 1.66. The van der Waals surface area contributed by atoms with Crippen LogP contribution in [-0.4, -0.2) is 25.5 Å². The third-order valence-electron chi connectivity index (χ3n) is 8.08. The normalized spacial score (nSPS) is 13.3. The van der Waals surface area contributed by atoms with Crippen LogP contribution in [0.1, 0.15) is 84.1 Å². The molecule has 3 atom stereocenters. The first-order valence-corrected chi connectivity index (χ1v) is 15.4. The van der Waals surface area contributed by atoms with Crippen molar-refractivity contribution in [2.45, 2.75) is 71.5 Å². The lowest BCUT2D eigenvalue weighted by Crippen LogP contribution is -2.42. The maximum absolute atomic E-state index is 13.6. The van der Waals surface area contributed by atoms with E-state index in [2.05, 4.69) is 74.6 Å². The Balaban J connectivity index is 1.47. The van der Waals surface area contributed by atoms with Crippen LogP contribution in [0.25, 0.3) is 0 Å². The minimum absolute atomic E-state index is 0.00600. The Morgan fingerprint density at radius 1 is 0.814 bits per heavy atom. The summed E-state index contributed by atoms with van der Waals surface area (Å²) in [6, 6.07) is 30.2. The Morgan fingerprint density at radius 2 is 1.42 bits per heavy atom. The SMILES string of the molecule is CCCCC(NC(c1ccc(C)cc1)c1ccc(CC)cc1)C(=O)COc1ccc(C(N)c2ccc(C)cc2OC)cc1. The molecule has 43 heavy (non-hydrogen) atoms. The number of hydrogen-bond acceptors (Lipinski definition) is 5. The summed E-state index contributed by atoms with van der Waals surface area (Å²) < 4.78 is 11.6. The molecule has 5 heteroatoms. The van der Waals surface area contributed by atoms with Gasteiger partial charge in [0.25, 0.3) is 0 Å². The minimum atomic E-state index is -0.334. The van der Waals surface area contributed by atoms with Crippen molar-refractivity contribution in [1.29, 1.82) is 0 Å². The molecule has 0 saturated carbocycles. The van der Waals surface area contributed by atoms with E-state index >= 15 is 0 Å². The number of Topliss-reactive ketones (excluding diaryl/α,β-unsaturated/α-hetero) is 1. The molecular formula is C38H46N2O3. The van der Waals surface area contributed by atoms with Crippen molar-refractivity contribution in [3.63, 3.8) is 0 Å². The largest absolute Gasteiger partial charge is 0.496 e. The van der Waals surface area contributed by atoms with Crippen molar-refractivity contribution in [3.05, 3.63) is 130 Å². The molecule has 226 valence electrons. The first kappa shape index (κ1) is 32.0. The van der Waals surface area contributed by atoms with Crippen LogP contribution >= 0.6 is 0 Å². The zero-order chi connectivity index (χ0) is 30.8. The molecule has 0 aliphatic heterocycles. The summed E-state index contributed by atoms with van der Waals surface area (Å²) in [5, 5.41) is 3.71. The van der Waals surface area contributed by atoms with Gasteiger partial charge in [0.05, 0.1) is 25.2 Å². The van der Waals surface area contributed by atoms with Crippen LogP contribution in [0.2, 0.25) is 0 Å². The molecule has 0 aliphatic carbocycles. The summed E-state index contributed by atoms with van der Waals surface area (Å²) in [6.45, 7) is 8.42. The maximum atomic E-state index is 13.6. The molecule has 0 bridgehead atoms. The molecule has 4 aromatic carbocycles. The number of rotatable bonds is 15. The Labute approximate surface area is 257 Å². The van der Waals surface area contributed by atoms with Gasteiger partial charge in [-0.1, -0.05) is 105 Å². The highest BCUT2D eigenvalue weighted by Gasteiger charge is 2.24. The molecule has 0 spiro atoms. The predicted octanol–water partition coefficient (Wildman–Crippen LogP) is 7.81. The van der Waals surface area contributed by atoms with Gasteiger partial charge in [0.15, 0.2) is 5.78 Å². The number of ketones is 1. The zero-order valence-corrected chi connectivity index (χ0v) is 26.2. The van der Waals surface area contributed by atoms with E-state index in [4.69, 9.17) is 15.2 Å². The lowest BCUT2D eigenvalue weighted by Gasteiger charge is -2.26. The molecule has 4 rings (SSSR count). The second kappa shape index (κ2) is 15.5. The van der Waals surface area contributed by atoms with E-state index in [-0.39, 0.29) is 30.5 Å². The standard InChI is InChI=1S/C38H46N2O3/c1-6-8-9-34(40-38(30-15-10-26(3)11-16-30)31-17-13-28(7-2)14-18-31)35(41)25-43-32-21-19-29(20-22-32)37(39)33-23-12-27(4)24-36(33)42-5/h10-24,34,37-38,40H,6-9,25,39H2,1-5H3. The van der Waals surface area contributed by atoms with Crippen LogP contribution in [-0.2, 0) is 11.2 Å². The molecule has 4 aromatic rings. The number of carbonyl (C=O) groups excluding carboxylic acids is 1. The first-order valence-electron chi connectivity index (χ1n) is 15.4. The minimum Gasteiger partial charge on any atom is -0.496 e. The van der Waals surface area contributed by atoms with Gasteiger partial charge < -0.3 is 15.2 Å². The predicted molar refractivity (Wildman–Crippen MR) is 176 cm³/mol. The lowest BCUT2D eigenvalue weighted by molar-refractivity contribution is -0.123. The second-order valence-electron chi connectivity index (χ2n) is 11.3. The van der Waals surface area contributed by atoms with Gasteiger partial charge in [-0.15, -0.1) is 0 Å². The van der Waals surface area contributed by atoms with Crippen molar-refractivity contribution in [2.24, 2.45) is 5.73 Å². The van der Waals surface area contributed by atoms with Gasteiger partial charge >= 0.3 is 0 Å². The zero-order valence-electron chi connectivity index (χ0n) is 26.2. The number of ether oxygens (including phenoxy) is 2. The highest BCUT2D eigenvalue weighted by Crippen LogP contribution is 2.30. The monoisotopic (exact) mass is 578 g/mol. The van der Waals surface area contributed by atoms with Gasteiger partial charge in [0.1, 0.15) is 18.1 Å². The fourth-order valence-electron chi connectivity index (χ4n) is 5.32. The van der Waals surface area contributed by atoms with Crippen molar-refractivity contribution in [1.82, 2.24) is 5.32 Å². The van der Waals surface area contributed by atoms with Crippen LogP contribution in [0.4, 0.5) is 0 Å². The quantitative estimate of drug-likeness (QED) is 0.151. The van der Waals surface area contributed by atoms with Crippen LogP contribution in [0.15, 0.2) is 91.0 Å². The van der Waals surface area contributed by atoms with Crippen molar-refractivity contribution in [3.8, 4) is 11.5 Å². The van der Waals surface area contributed by atoms with Gasteiger partial charge in [-0.2, -0.15) is 0 Å². The molecule has 0 heterocycles. The van der Waals surface area contributed by atoms with E-state index in [0.717, 1.165) is 59.3 Å². The van der Waals surface area contributed by atoms with Crippen molar-refractivity contribution < 1.29 is 14.3 Å².